The van der Waals surface area contributed by atoms with Crippen molar-refractivity contribution >= 4 is 11.6 Å². The largest absolute Gasteiger partial charge is 0.502 e. The van der Waals surface area contributed by atoms with Crippen molar-refractivity contribution in [1.29, 1.82) is 0 Å². The first-order chi connectivity index (χ1) is 11.0. The maximum Gasteiger partial charge on any atom is 0.310 e. The Morgan fingerprint density at radius 3 is 2.57 bits per heavy atom. The number of benzene rings is 2. The van der Waals surface area contributed by atoms with Gasteiger partial charge < -0.3 is 15.2 Å². The molecule has 7 heteroatoms. The van der Waals surface area contributed by atoms with Gasteiger partial charge in [0, 0.05) is 25.3 Å². The standard InChI is InChI=1S/C16H16N2O5/c1-23-15(11-5-3-2-4-6-11)10-17-16(20)12-7-8-13(18(21)22)14(19)9-12/h2-9,15,19H,10H2,1H3,(H,17,20)/t15-/m0/s1. The van der Waals surface area contributed by atoms with Crippen molar-refractivity contribution in [3.8, 4) is 5.75 Å². The fourth-order valence-corrected chi connectivity index (χ4v) is 2.11. The Morgan fingerprint density at radius 2 is 2.00 bits per heavy atom. The summed E-state index contributed by atoms with van der Waals surface area (Å²) in [5, 5.41) is 22.9. The summed E-state index contributed by atoms with van der Waals surface area (Å²) in [6.07, 6.45) is -0.313. The van der Waals surface area contributed by atoms with Crippen molar-refractivity contribution in [3.05, 3.63) is 69.8 Å². The number of carbonyl (C=O) groups is 1. The number of phenolic OH excluding ortho intramolecular Hbond substituents is 1. The molecule has 23 heavy (non-hydrogen) atoms. The van der Waals surface area contributed by atoms with Crippen molar-refractivity contribution in [2.45, 2.75) is 6.10 Å². The Hall–Kier alpha value is -2.93. The van der Waals surface area contributed by atoms with E-state index in [1.165, 1.54) is 6.07 Å². The molecule has 120 valence electrons. The lowest BCUT2D eigenvalue weighted by Gasteiger charge is -2.16. The summed E-state index contributed by atoms with van der Waals surface area (Å²) in [5.74, 6) is -0.998. The molecule has 2 aromatic carbocycles. The quantitative estimate of drug-likeness (QED) is 0.629. The molecule has 1 atom stereocenters. The molecule has 0 aliphatic carbocycles. The second-order valence-corrected chi connectivity index (χ2v) is 4.81. The molecule has 0 radical (unpaired) electrons. The Balaban J connectivity index is 2.04. The van der Waals surface area contributed by atoms with Gasteiger partial charge in [-0.25, -0.2) is 0 Å². The van der Waals surface area contributed by atoms with Crippen molar-refractivity contribution < 1.29 is 19.6 Å². The third kappa shape index (κ3) is 4.04. The van der Waals surface area contributed by atoms with Crippen molar-refractivity contribution in [1.82, 2.24) is 5.32 Å². The number of nitrogens with zero attached hydrogens (tertiary/aromatic N) is 1. The highest BCUT2D eigenvalue weighted by Crippen LogP contribution is 2.26. The van der Waals surface area contributed by atoms with Gasteiger partial charge in [-0.2, -0.15) is 0 Å². The number of aromatic hydroxyl groups is 1. The lowest BCUT2D eigenvalue weighted by molar-refractivity contribution is -0.385. The zero-order chi connectivity index (χ0) is 16.8. The SMILES string of the molecule is CO[C@@H](CNC(=O)c1ccc([N+](=O)[O-])c(O)c1)c1ccccc1. The lowest BCUT2D eigenvalue weighted by Crippen LogP contribution is -2.29. The van der Waals surface area contributed by atoms with Crippen LogP contribution in [0.25, 0.3) is 0 Å². The predicted octanol–water partition coefficient (Wildman–Crippen LogP) is 2.42. The number of nitro benzene ring substituents is 1. The van der Waals surface area contributed by atoms with Gasteiger partial charge >= 0.3 is 5.69 Å². The van der Waals surface area contributed by atoms with E-state index in [1.54, 1.807) is 7.11 Å². The number of hydrogen-bond acceptors (Lipinski definition) is 5. The van der Waals surface area contributed by atoms with Crippen LogP contribution in [0.1, 0.15) is 22.0 Å². The molecule has 0 aliphatic heterocycles. The fraction of sp³-hybridized carbons (Fsp3) is 0.188. The van der Waals surface area contributed by atoms with Crippen LogP contribution in [0.4, 0.5) is 5.69 Å². The Morgan fingerprint density at radius 1 is 1.30 bits per heavy atom. The van der Waals surface area contributed by atoms with Crippen LogP contribution >= 0.6 is 0 Å². The summed E-state index contributed by atoms with van der Waals surface area (Å²) in [6.45, 7) is 0.233. The first-order valence-electron chi connectivity index (χ1n) is 6.86. The monoisotopic (exact) mass is 316 g/mol. The average Bonchev–Trinajstić information content (AvgIpc) is 2.55. The van der Waals surface area contributed by atoms with Crippen molar-refractivity contribution in [2.75, 3.05) is 13.7 Å². The van der Waals surface area contributed by atoms with Gasteiger partial charge in [-0.15, -0.1) is 0 Å². The third-order valence-electron chi connectivity index (χ3n) is 3.34. The highest BCUT2D eigenvalue weighted by molar-refractivity contribution is 5.95. The van der Waals surface area contributed by atoms with Crippen LogP contribution < -0.4 is 5.32 Å². The van der Waals surface area contributed by atoms with Crippen LogP contribution in [-0.4, -0.2) is 29.6 Å². The first-order valence-corrected chi connectivity index (χ1v) is 6.86. The van der Waals surface area contributed by atoms with Gasteiger partial charge in [0.25, 0.3) is 5.91 Å². The third-order valence-corrected chi connectivity index (χ3v) is 3.34. The number of ether oxygens (including phenoxy) is 1. The maximum atomic E-state index is 12.1. The molecule has 0 spiro atoms. The van der Waals surface area contributed by atoms with E-state index in [9.17, 15) is 20.0 Å². The van der Waals surface area contributed by atoms with E-state index in [0.717, 1.165) is 17.7 Å². The molecule has 1 amide bonds. The molecule has 0 saturated carbocycles. The minimum Gasteiger partial charge on any atom is -0.502 e. The topological polar surface area (TPSA) is 102 Å². The second-order valence-electron chi connectivity index (χ2n) is 4.81. The molecular weight excluding hydrogens is 300 g/mol. The summed E-state index contributed by atoms with van der Waals surface area (Å²) < 4.78 is 5.34. The zero-order valence-electron chi connectivity index (χ0n) is 12.4. The highest BCUT2D eigenvalue weighted by atomic mass is 16.6. The first kappa shape index (κ1) is 16.4. The number of nitro groups is 1. The number of nitrogens with one attached hydrogen (secondary N) is 1. The van der Waals surface area contributed by atoms with Crippen LogP contribution in [0.3, 0.4) is 0 Å². The molecule has 0 aliphatic rings. The number of methoxy groups -OCH3 is 1. The number of phenols is 1. The molecule has 7 nitrogen and oxygen atoms in total. The number of carbonyl (C=O) groups excluding carboxylic acids is 1. The molecule has 0 aromatic heterocycles. The molecule has 2 aromatic rings. The van der Waals surface area contributed by atoms with Crippen LogP contribution in [0.5, 0.6) is 5.75 Å². The van der Waals surface area contributed by atoms with E-state index in [1.807, 2.05) is 30.3 Å². The molecule has 0 bridgehead atoms. The zero-order valence-corrected chi connectivity index (χ0v) is 12.4. The Bertz CT molecular complexity index is 703. The van der Waals surface area contributed by atoms with Crippen LogP contribution in [0, 0.1) is 10.1 Å². The van der Waals surface area contributed by atoms with Crippen molar-refractivity contribution in [2.24, 2.45) is 0 Å². The van der Waals surface area contributed by atoms with Crippen molar-refractivity contribution in [3.63, 3.8) is 0 Å². The fourth-order valence-electron chi connectivity index (χ4n) is 2.11. The van der Waals surface area contributed by atoms with Gasteiger partial charge in [0.1, 0.15) is 0 Å². The van der Waals surface area contributed by atoms with E-state index in [2.05, 4.69) is 5.32 Å². The van der Waals surface area contributed by atoms with E-state index >= 15 is 0 Å². The van der Waals surface area contributed by atoms with Gasteiger partial charge in [0.05, 0.1) is 11.0 Å². The lowest BCUT2D eigenvalue weighted by atomic mass is 10.1. The molecule has 2 rings (SSSR count). The minimum atomic E-state index is -0.715. The number of amides is 1. The van der Waals surface area contributed by atoms with E-state index in [-0.39, 0.29) is 18.2 Å². The summed E-state index contributed by atoms with van der Waals surface area (Å²) in [6, 6.07) is 12.9. The second kappa shape index (κ2) is 7.37. The smallest absolute Gasteiger partial charge is 0.310 e. The minimum absolute atomic E-state index is 0.135. The van der Waals surface area contributed by atoms with Crippen LogP contribution in [0.2, 0.25) is 0 Å². The number of rotatable bonds is 6. The highest BCUT2D eigenvalue weighted by Gasteiger charge is 2.17. The van der Waals surface area contributed by atoms with Gasteiger partial charge in [0.2, 0.25) is 0 Å². The normalized spacial score (nSPS) is 11.7. The Labute approximate surface area is 132 Å². The summed E-state index contributed by atoms with van der Waals surface area (Å²) >= 11 is 0. The van der Waals surface area contributed by atoms with Crippen LogP contribution in [-0.2, 0) is 4.74 Å². The average molecular weight is 316 g/mol. The van der Waals surface area contributed by atoms with Gasteiger partial charge in [-0.1, -0.05) is 30.3 Å². The summed E-state index contributed by atoms with van der Waals surface area (Å²) in [4.78, 5) is 22.0. The number of hydrogen-bond donors (Lipinski definition) is 2. The van der Waals surface area contributed by atoms with Gasteiger partial charge in [-0.3, -0.25) is 14.9 Å². The predicted molar refractivity (Wildman–Crippen MR) is 83.3 cm³/mol. The van der Waals surface area contributed by atoms with Gasteiger partial charge in [0.15, 0.2) is 5.75 Å². The summed E-state index contributed by atoms with van der Waals surface area (Å²) in [5.41, 5.74) is 0.610. The maximum absolute atomic E-state index is 12.1. The molecular formula is C16H16N2O5. The molecule has 2 N–H and O–H groups in total. The van der Waals surface area contributed by atoms with E-state index in [0.29, 0.717) is 0 Å². The van der Waals surface area contributed by atoms with E-state index < -0.39 is 22.3 Å². The van der Waals surface area contributed by atoms with Gasteiger partial charge in [-0.05, 0) is 17.7 Å². The van der Waals surface area contributed by atoms with E-state index in [4.69, 9.17) is 4.74 Å². The molecule has 0 saturated heterocycles. The molecule has 0 unspecified atom stereocenters. The molecule has 0 fully saturated rings. The molecule has 0 heterocycles. The summed E-state index contributed by atoms with van der Waals surface area (Å²) in [7, 11) is 1.54. The Kier molecular flexibility index (Phi) is 5.27. The van der Waals surface area contributed by atoms with Crippen LogP contribution in [0.15, 0.2) is 48.5 Å².